The molecule has 4 aromatic rings. The maximum absolute atomic E-state index is 3.31. The SMILES string of the molecule is Cc1ccc(N(c2ccc3c(c2)C(C)(C)C2=C3C=C=CC=C2)c2ccccc2-c2ccccc2)cc1. The van der Waals surface area contributed by atoms with Crippen LogP contribution in [0.4, 0.5) is 17.1 Å². The summed E-state index contributed by atoms with van der Waals surface area (Å²) in [6, 6.07) is 35.1. The Labute approximate surface area is 214 Å². The third-order valence-electron chi connectivity index (χ3n) is 7.39. The Bertz CT molecular complexity index is 1570. The van der Waals surface area contributed by atoms with Gasteiger partial charge in [-0.2, -0.15) is 0 Å². The second-order valence-corrected chi connectivity index (χ2v) is 10.1. The Balaban J connectivity index is 1.56. The first-order valence-electron chi connectivity index (χ1n) is 12.5. The van der Waals surface area contributed by atoms with Crippen LogP contribution >= 0.6 is 0 Å². The lowest BCUT2D eigenvalue weighted by molar-refractivity contribution is 0.654. The molecule has 1 heteroatoms. The van der Waals surface area contributed by atoms with Crippen LogP contribution < -0.4 is 4.90 Å². The van der Waals surface area contributed by atoms with Gasteiger partial charge in [0.1, 0.15) is 0 Å². The number of allylic oxidation sites excluding steroid dienone is 5. The predicted octanol–water partition coefficient (Wildman–Crippen LogP) is 9.46. The topological polar surface area (TPSA) is 3.24 Å². The molecule has 2 aliphatic rings. The van der Waals surface area contributed by atoms with Gasteiger partial charge in [0.25, 0.3) is 0 Å². The third kappa shape index (κ3) is 3.66. The van der Waals surface area contributed by atoms with Gasteiger partial charge in [-0.15, -0.1) is 5.73 Å². The third-order valence-corrected chi connectivity index (χ3v) is 7.39. The highest BCUT2D eigenvalue weighted by Crippen LogP contribution is 2.50. The van der Waals surface area contributed by atoms with Crippen LogP contribution in [0.1, 0.15) is 30.5 Å². The Kier molecular flexibility index (Phi) is 5.37. The van der Waals surface area contributed by atoms with Crippen LogP contribution in [0.15, 0.2) is 133 Å². The average molecular weight is 464 g/mol. The van der Waals surface area contributed by atoms with Crippen LogP contribution in [0, 0.1) is 6.92 Å². The van der Waals surface area contributed by atoms with Gasteiger partial charge < -0.3 is 4.90 Å². The van der Waals surface area contributed by atoms with E-state index in [2.05, 4.69) is 147 Å². The predicted molar refractivity (Wildman–Crippen MR) is 153 cm³/mol. The number of anilines is 3. The second-order valence-electron chi connectivity index (χ2n) is 10.1. The van der Waals surface area contributed by atoms with Gasteiger partial charge in [0.15, 0.2) is 0 Å². The van der Waals surface area contributed by atoms with Crippen molar-refractivity contribution >= 4 is 22.6 Å². The number of para-hydroxylation sites is 1. The van der Waals surface area contributed by atoms with Crippen molar-refractivity contribution in [3.8, 4) is 11.1 Å². The van der Waals surface area contributed by atoms with Gasteiger partial charge in [0.05, 0.1) is 5.69 Å². The zero-order valence-corrected chi connectivity index (χ0v) is 21.0. The summed E-state index contributed by atoms with van der Waals surface area (Å²) in [6.07, 6.45) is 8.46. The standard InChI is InChI=1S/C35H29N/c1-25-18-20-27(21-19-25)36(34-17-11-10-14-29(34)26-12-6-4-7-13-26)28-22-23-31-30-15-8-5-9-16-32(30)35(2,3)33(31)24-28/h4-7,9-24H,1-3H3. The largest absolute Gasteiger partial charge is 0.310 e. The van der Waals surface area contributed by atoms with Crippen molar-refractivity contribution in [2.45, 2.75) is 26.2 Å². The lowest BCUT2D eigenvalue weighted by atomic mass is 9.81. The Morgan fingerprint density at radius 3 is 2.25 bits per heavy atom. The van der Waals surface area contributed by atoms with Crippen molar-refractivity contribution in [3.63, 3.8) is 0 Å². The number of aryl methyl sites for hydroxylation is 1. The highest BCUT2D eigenvalue weighted by atomic mass is 15.1. The Morgan fingerprint density at radius 1 is 0.722 bits per heavy atom. The molecule has 0 unspecified atom stereocenters. The molecule has 0 amide bonds. The maximum atomic E-state index is 3.31. The molecule has 6 rings (SSSR count). The molecule has 0 heterocycles. The molecule has 1 nitrogen and oxygen atoms in total. The fraction of sp³-hybridized carbons (Fsp3) is 0.114. The molecule has 0 aliphatic heterocycles. The number of fused-ring (bicyclic) bond motifs is 2. The van der Waals surface area contributed by atoms with Crippen LogP contribution in [0.25, 0.3) is 16.7 Å². The molecule has 2 aliphatic carbocycles. The molecule has 0 radical (unpaired) electrons. The lowest BCUT2D eigenvalue weighted by Gasteiger charge is -2.30. The summed E-state index contributed by atoms with van der Waals surface area (Å²) in [4.78, 5) is 2.40. The van der Waals surface area contributed by atoms with Crippen molar-refractivity contribution in [3.05, 3.63) is 149 Å². The zero-order chi connectivity index (χ0) is 24.7. The molecule has 0 spiro atoms. The quantitative estimate of drug-likeness (QED) is 0.272. The summed E-state index contributed by atoms with van der Waals surface area (Å²) in [7, 11) is 0. The van der Waals surface area contributed by atoms with E-state index in [1.165, 1.54) is 44.7 Å². The van der Waals surface area contributed by atoms with E-state index in [1.807, 2.05) is 6.08 Å². The van der Waals surface area contributed by atoms with Gasteiger partial charge >= 0.3 is 0 Å². The van der Waals surface area contributed by atoms with Gasteiger partial charge in [-0.1, -0.05) is 98.3 Å². The average Bonchev–Trinajstić information content (AvgIpc) is 3.06. The van der Waals surface area contributed by atoms with E-state index >= 15 is 0 Å². The number of hydrogen-bond donors (Lipinski definition) is 0. The molecule has 174 valence electrons. The van der Waals surface area contributed by atoms with Crippen molar-refractivity contribution < 1.29 is 0 Å². The van der Waals surface area contributed by atoms with Crippen molar-refractivity contribution in [1.82, 2.24) is 0 Å². The number of benzene rings is 4. The molecule has 0 N–H and O–H groups in total. The smallest absolute Gasteiger partial charge is 0.0540 e. The Morgan fingerprint density at radius 2 is 1.44 bits per heavy atom. The minimum absolute atomic E-state index is 0.0918. The molecule has 0 saturated heterocycles. The van der Waals surface area contributed by atoms with E-state index in [0.717, 1.165) is 11.4 Å². The Hall–Kier alpha value is -4.32. The summed E-state index contributed by atoms with van der Waals surface area (Å²) >= 11 is 0. The molecule has 0 atom stereocenters. The molecule has 0 saturated carbocycles. The summed E-state index contributed by atoms with van der Waals surface area (Å²) < 4.78 is 0. The van der Waals surface area contributed by atoms with Crippen molar-refractivity contribution in [2.75, 3.05) is 4.90 Å². The van der Waals surface area contributed by atoms with Gasteiger partial charge in [-0.3, -0.25) is 0 Å². The summed E-state index contributed by atoms with van der Waals surface area (Å²) in [5, 5.41) is 0. The van der Waals surface area contributed by atoms with Gasteiger partial charge in [0.2, 0.25) is 0 Å². The number of hydrogen-bond acceptors (Lipinski definition) is 1. The molecule has 0 fully saturated rings. The van der Waals surface area contributed by atoms with Crippen LogP contribution in [0.3, 0.4) is 0 Å². The van der Waals surface area contributed by atoms with E-state index < -0.39 is 0 Å². The van der Waals surface area contributed by atoms with E-state index in [1.54, 1.807) is 0 Å². The van der Waals surface area contributed by atoms with Crippen LogP contribution in [-0.4, -0.2) is 0 Å². The fourth-order valence-corrected chi connectivity index (χ4v) is 5.49. The lowest BCUT2D eigenvalue weighted by Crippen LogP contribution is -2.18. The normalized spacial score (nSPS) is 15.0. The van der Waals surface area contributed by atoms with Crippen molar-refractivity contribution in [1.29, 1.82) is 0 Å². The van der Waals surface area contributed by atoms with E-state index in [0.29, 0.717) is 0 Å². The summed E-state index contributed by atoms with van der Waals surface area (Å²) in [5.74, 6) is 0. The molecular weight excluding hydrogens is 434 g/mol. The van der Waals surface area contributed by atoms with E-state index in [-0.39, 0.29) is 5.41 Å². The van der Waals surface area contributed by atoms with Gasteiger partial charge in [-0.05, 0) is 77.2 Å². The fourth-order valence-electron chi connectivity index (χ4n) is 5.49. The monoisotopic (exact) mass is 463 g/mol. The van der Waals surface area contributed by atoms with E-state index in [9.17, 15) is 0 Å². The van der Waals surface area contributed by atoms with Crippen LogP contribution in [0.2, 0.25) is 0 Å². The minimum atomic E-state index is -0.0918. The molecule has 0 aromatic heterocycles. The summed E-state index contributed by atoms with van der Waals surface area (Å²) in [6.45, 7) is 6.79. The molecule has 36 heavy (non-hydrogen) atoms. The first-order chi connectivity index (χ1) is 17.5. The minimum Gasteiger partial charge on any atom is -0.310 e. The molecular formula is C35H29N. The maximum Gasteiger partial charge on any atom is 0.0540 e. The number of nitrogens with zero attached hydrogens (tertiary/aromatic N) is 1. The first-order valence-corrected chi connectivity index (χ1v) is 12.5. The zero-order valence-electron chi connectivity index (χ0n) is 21.0. The van der Waals surface area contributed by atoms with Gasteiger partial charge in [-0.25, -0.2) is 0 Å². The highest BCUT2D eigenvalue weighted by molar-refractivity contribution is 5.92. The summed E-state index contributed by atoms with van der Waals surface area (Å²) in [5.41, 5.74) is 15.6. The molecule has 0 bridgehead atoms. The first kappa shape index (κ1) is 22.2. The van der Waals surface area contributed by atoms with Gasteiger partial charge in [0, 0.05) is 22.4 Å². The van der Waals surface area contributed by atoms with Crippen LogP contribution in [0.5, 0.6) is 0 Å². The molecule has 4 aromatic carbocycles. The second kappa shape index (κ2) is 8.72. The highest BCUT2D eigenvalue weighted by Gasteiger charge is 2.36. The van der Waals surface area contributed by atoms with Crippen molar-refractivity contribution in [2.24, 2.45) is 0 Å². The van der Waals surface area contributed by atoms with Crippen LogP contribution in [-0.2, 0) is 5.41 Å². The van der Waals surface area contributed by atoms with E-state index in [4.69, 9.17) is 0 Å². The number of rotatable bonds is 4.